The van der Waals surface area contributed by atoms with E-state index < -0.39 is 11.5 Å². The number of hydrogen-bond donors (Lipinski definition) is 2. The fraction of sp³-hybridized carbons (Fsp3) is 0.231. The molecule has 0 saturated carbocycles. The van der Waals surface area contributed by atoms with Gasteiger partial charge >= 0.3 is 0 Å². The molecular formula is C26H23Cl3N2O2. The predicted molar refractivity (Wildman–Crippen MR) is 134 cm³/mol. The summed E-state index contributed by atoms with van der Waals surface area (Å²) in [6.07, 6.45) is 0.738. The Labute approximate surface area is 208 Å². The Morgan fingerprint density at radius 2 is 1.58 bits per heavy atom. The summed E-state index contributed by atoms with van der Waals surface area (Å²) in [5.41, 5.74) is 3.76. The van der Waals surface area contributed by atoms with Crippen molar-refractivity contribution in [1.29, 1.82) is 0 Å². The maximum atomic E-state index is 13.1. The predicted octanol–water partition coefficient (Wildman–Crippen LogP) is 6.79. The van der Waals surface area contributed by atoms with E-state index >= 15 is 0 Å². The summed E-state index contributed by atoms with van der Waals surface area (Å²) >= 11 is 17.9. The van der Waals surface area contributed by atoms with Gasteiger partial charge in [0.1, 0.15) is 5.41 Å². The summed E-state index contributed by atoms with van der Waals surface area (Å²) in [5, 5.41) is 7.91. The van der Waals surface area contributed by atoms with Crippen molar-refractivity contribution >= 4 is 52.3 Å². The lowest BCUT2D eigenvalue weighted by Crippen LogP contribution is -2.52. The highest BCUT2D eigenvalue weighted by atomic mass is 35.5. The summed E-state index contributed by atoms with van der Waals surface area (Å²) in [6, 6.07) is 18.2. The number of halogens is 3. The summed E-state index contributed by atoms with van der Waals surface area (Å²) < 4.78 is 0. The maximum Gasteiger partial charge on any atom is 0.237 e. The largest absolute Gasteiger partial charge is 0.348 e. The van der Waals surface area contributed by atoms with Crippen LogP contribution in [0.3, 0.4) is 0 Å². The third kappa shape index (κ3) is 4.61. The SMILES string of the molecule is Cc1ccc(Cl)cc1[C@H]1NC(=O)CC[C@]12C(=O)Nc1cc(Cl)ccc12.Cc1cccc(Cl)c1. The van der Waals surface area contributed by atoms with Crippen molar-refractivity contribution < 1.29 is 9.59 Å². The van der Waals surface area contributed by atoms with Gasteiger partial charge in [-0.3, -0.25) is 9.59 Å². The van der Waals surface area contributed by atoms with Crippen LogP contribution in [0.4, 0.5) is 5.69 Å². The van der Waals surface area contributed by atoms with Crippen molar-refractivity contribution in [3.05, 3.63) is 98.0 Å². The van der Waals surface area contributed by atoms with Gasteiger partial charge in [0.2, 0.25) is 11.8 Å². The summed E-state index contributed by atoms with van der Waals surface area (Å²) in [6.45, 7) is 3.97. The van der Waals surface area contributed by atoms with E-state index in [1.165, 1.54) is 5.56 Å². The molecule has 0 unspecified atom stereocenters. The number of rotatable bonds is 1. The third-order valence-corrected chi connectivity index (χ3v) is 6.90. The van der Waals surface area contributed by atoms with Crippen molar-refractivity contribution in [2.24, 2.45) is 0 Å². The van der Waals surface area contributed by atoms with Crippen LogP contribution in [0, 0.1) is 13.8 Å². The zero-order valence-electron chi connectivity index (χ0n) is 18.2. The average Bonchev–Trinajstić information content (AvgIpc) is 3.03. The molecule has 33 heavy (non-hydrogen) atoms. The van der Waals surface area contributed by atoms with Gasteiger partial charge in [-0.2, -0.15) is 0 Å². The fourth-order valence-electron chi connectivity index (χ4n) is 4.58. The Morgan fingerprint density at radius 3 is 2.27 bits per heavy atom. The molecule has 0 aliphatic carbocycles. The third-order valence-electron chi connectivity index (χ3n) is 6.19. The van der Waals surface area contributed by atoms with Crippen LogP contribution in [0.15, 0.2) is 60.7 Å². The normalized spacial score (nSPS) is 21.1. The monoisotopic (exact) mass is 500 g/mol. The first-order valence-electron chi connectivity index (χ1n) is 10.6. The molecule has 5 rings (SSSR count). The van der Waals surface area contributed by atoms with Crippen LogP contribution < -0.4 is 10.6 Å². The number of hydrogen-bond acceptors (Lipinski definition) is 2. The maximum absolute atomic E-state index is 13.1. The molecule has 2 amide bonds. The van der Waals surface area contributed by atoms with E-state index in [0.717, 1.165) is 21.7 Å². The minimum absolute atomic E-state index is 0.0646. The molecule has 2 aliphatic rings. The summed E-state index contributed by atoms with van der Waals surface area (Å²) in [7, 11) is 0. The molecule has 0 aromatic heterocycles. The highest BCUT2D eigenvalue weighted by Crippen LogP contribution is 2.51. The molecule has 2 N–H and O–H groups in total. The van der Waals surface area contributed by atoms with Gasteiger partial charge in [0.15, 0.2) is 0 Å². The number of carbonyl (C=O) groups is 2. The fourth-order valence-corrected chi connectivity index (χ4v) is 5.18. The quantitative estimate of drug-likeness (QED) is 0.385. The Bertz CT molecular complexity index is 1230. The van der Waals surface area contributed by atoms with Crippen LogP contribution in [-0.4, -0.2) is 11.8 Å². The van der Waals surface area contributed by atoms with Crippen molar-refractivity contribution in [1.82, 2.24) is 5.32 Å². The summed E-state index contributed by atoms with van der Waals surface area (Å²) in [5.74, 6) is -0.181. The number of aryl methyl sites for hydroxylation is 2. The number of amides is 2. The van der Waals surface area contributed by atoms with Crippen molar-refractivity contribution in [2.75, 3.05) is 5.32 Å². The molecule has 3 aromatic rings. The van der Waals surface area contributed by atoms with E-state index in [-0.39, 0.29) is 11.8 Å². The van der Waals surface area contributed by atoms with Gasteiger partial charge in [0.25, 0.3) is 0 Å². The van der Waals surface area contributed by atoms with Crippen LogP contribution in [0.5, 0.6) is 0 Å². The second-order valence-corrected chi connectivity index (χ2v) is 9.73. The standard InChI is InChI=1S/C19H16Cl2N2O2.C7H7Cl/c1-10-2-3-11(20)8-13(10)17-19(7-6-16(24)23-17)14-5-4-12(21)9-15(14)22-18(19)25;1-6-3-2-4-7(8)5-6/h2-5,8-9,17H,6-7H2,1H3,(H,22,25)(H,23,24);2-5H,1H3/t17-,19-;/m1./s1. The zero-order chi connectivity index (χ0) is 23.8. The molecule has 2 heterocycles. The van der Waals surface area contributed by atoms with Gasteiger partial charge in [-0.25, -0.2) is 0 Å². The van der Waals surface area contributed by atoms with E-state index in [1.807, 2.05) is 56.3 Å². The number of nitrogens with one attached hydrogen (secondary N) is 2. The molecular weight excluding hydrogens is 479 g/mol. The second kappa shape index (κ2) is 9.38. The zero-order valence-corrected chi connectivity index (χ0v) is 20.5. The van der Waals surface area contributed by atoms with Gasteiger partial charge in [-0.1, -0.05) is 59.1 Å². The van der Waals surface area contributed by atoms with E-state index in [9.17, 15) is 9.59 Å². The smallest absolute Gasteiger partial charge is 0.237 e. The van der Waals surface area contributed by atoms with Crippen LogP contribution in [0.1, 0.15) is 41.1 Å². The number of carbonyl (C=O) groups excluding carboxylic acids is 2. The second-order valence-electron chi connectivity index (χ2n) is 8.42. The van der Waals surface area contributed by atoms with Gasteiger partial charge in [-0.05, 0) is 78.9 Å². The number of fused-ring (bicyclic) bond motifs is 2. The highest BCUT2D eigenvalue weighted by Gasteiger charge is 2.55. The number of anilines is 1. The Kier molecular flexibility index (Phi) is 6.71. The molecule has 1 spiro atoms. The molecule has 0 bridgehead atoms. The van der Waals surface area contributed by atoms with E-state index in [1.54, 1.807) is 18.2 Å². The van der Waals surface area contributed by atoms with Crippen molar-refractivity contribution in [2.45, 2.75) is 38.1 Å². The van der Waals surface area contributed by atoms with Gasteiger partial charge in [0.05, 0.1) is 6.04 Å². The minimum Gasteiger partial charge on any atom is -0.348 e. The first-order valence-corrected chi connectivity index (χ1v) is 11.7. The van der Waals surface area contributed by atoms with Gasteiger partial charge in [0, 0.05) is 27.2 Å². The molecule has 0 radical (unpaired) electrons. The van der Waals surface area contributed by atoms with Gasteiger partial charge < -0.3 is 10.6 Å². The van der Waals surface area contributed by atoms with Gasteiger partial charge in [-0.15, -0.1) is 0 Å². The first kappa shape index (κ1) is 23.6. The highest BCUT2D eigenvalue weighted by molar-refractivity contribution is 6.31. The topological polar surface area (TPSA) is 58.2 Å². The molecule has 3 aromatic carbocycles. The average molecular weight is 502 g/mol. The number of piperidine rings is 1. The molecule has 2 atom stereocenters. The first-order chi connectivity index (χ1) is 15.7. The molecule has 1 fully saturated rings. The number of benzene rings is 3. The lowest BCUT2D eigenvalue weighted by molar-refractivity contribution is -0.130. The molecule has 7 heteroatoms. The van der Waals surface area contributed by atoms with E-state index in [2.05, 4.69) is 10.6 Å². The Morgan fingerprint density at radius 1 is 0.879 bits per heavy atom. The minimum atomic E-state index is -0.858. The van der Waals surface area contributed by atoms with Crippen molar-refractivity contribution in [3.63, 3.8) is 0 Å². The van der Waals surface area contributed by atoms with Crippen LogP contribution in [-0.2, 0) is 15.0 Å². The molecule has 1 saturated heterocycles. The Balaban J connectivity index is 0.000000275. The van der Waals surface area contributed by atoms with E-state index in [4.69, 9.17) is 34.8 Å². The lowest BCUT2D eigenvalue weighted by atomic mass is 9.67. The van der Waals surface area contributed by atoms with Crippen LogP contribution >= 0.6 is 34.8 Å². The van der Waals surface area contributed by atoms with E-state index in [0.29, 0.717) is 28.6 Å². The van der Waals surface area contributed by atoms with Crippen LogP contribution in [0.25, 0.3) is 0 Å². The van der Waals surface area contributed by atoms with Crippen molar-refractivity contribution in [3.8, 4) is 0 Å². The molecule has 4 nitrogen and oxygen atoms in total. The van der Waals surface area contributed by atoms with Crippen LogP contribution in [0.2, 0.25) is 15.1 Å². The summed E-state index contributed by atoms with van der Waals surface area (Å²) in [4.78, 5) is 25.2. The molecule has 2 aliphatic heterocycles. The molecule has 170 valence electrons. The lowest BCUT2D eigenvalue weighted by Gasteiger charge is -2.41. The Hall–Kier alpha value is -2.53.